The second kappa shape index (κ2) is 8.96. The van der Waals surface area contributed by atoms with Crippen molar-refractivity contribution < 1.29 is 14.6 Å². The van der Waals surface area contributed by atoms with Gasteiger partial charge in [0.2, 0.25) is 0 Å². The van der Waals surface area contributed by atoms with Gasteiger partial charge in [-0.2, -0.15) is 0 Å². The lowest BCUT2D eigenvalue weighted by atomic mass is 9.96. The number of aliphatic hydroxyl groups excluding tert-OH is 1. The van der Waals surface area contributed by atoms with Crippen LogP contribution in [0.3, 0.4) is 0 Å². The summed E-state index contributed by atoms with van der Waals surface area (Å²) in [6, 6.07) is 17.0. The third-order valence-corrected chi connectivity index (χ3v) is 3.69. The third kappa shape index (κ3) is 5.11. The maximum atomic E-state index is 12.2. The van der Waals surface area contributed by atoms with Gasteiger partial charge in [-0.1, -0.05) is 30.3 Å². The average molecular weight is 313 g/mol. The molecule has 2 N–H and O–H groups in total. The summed E-state index contributed by atoms with van der Waals surface area (Å²) in [5.74, 6) is 0.742. The molecule has 1 atom stereocenters. The highest BCUT2D eigenvalue weighted by molar-refractivity contribution is 5.94. The Kier molecular flexibility index (Phi) is 6.63. The highest BCUT2D eigenvalue weighted by Gasteiger charge is 2.13. The number of ether oxygens (including phenoxy) is 1. The van der Waals surface area contributed by atoms with Gasteiger partial charge in [-0.3, -0.25) is 4.79 Å². The summed E-state index contributed by atoms with van der Waals surface area (Å²) >= 11 is 0. The van der Waals surface area contributed by atoms with E-state index in [9.17, 15) is 9.90 Å². The number of carbonyl (C=O) groups is 1. The molecule has 1 amide bonds. The third-order valence-electron chi connectivity index (χ3n) is 3.69. The summed E-state index contributed by atoms with van der Waals surface area (Å²) in [5.41, 5.74) is 1.72. The fourth-order valence-electron chi connectivity index (χ4n) is 2.45. The summed E-state index contributed by atoms with van der Waals surface area (Å²) in [6.45, 7) is 3.12. The molecule has 4 heteroatoms. The van der Waals surface area contributed by atoms with E-state index in [2.05, 4.69) is 5.32 Å². The van der Waals surface area contributed by atoms with Crippen molar-refractivity contribution in [1.82, 2.24) is 5.32 Å². The Hall–Kier alpha value is -2.33. The minimum Gasteiger partial charge on any atom is -0.494 e. The van der Waals surface area contributed by atoms with Crippen LogP contribution in [-0.4, -0.2) is 30.8 Å². The molecule has 23 heavy (non-hydrogen) atoms. The number of hydrogen-bond donors (Lipinski definition) is 2. The van der Waals surface area contributed by atoms with Gasteiger partial charge in [0.25, 0.3) is 5.91 Å². The first kappa shape index (κ1) is 17.0. The van der Waals surface area contributed by atoms with E-state index < -0.39 is 0 Å². The van der Waals surface area contributed by atoms with Crippen molar-refractivity contribution in [3.8, 4) is 5.75 Å². The van der Waals surface area contributed by atoms with Gasteiger partial charge in [-0.05, 0) is 43.2 Å². The summed E-state index contributed by atoms with van der Waals surface area (Å²) in [6.07, 6.45) is 0.619. The monoisotopic (exact) mass is 313 g/mol. The van der Waals surface area contributed by atoms with E-state index in [4.69, 9.17) is 4.74 Å². The molecule has 4 nitrogen and oxygen atoms in total. The van der Waals surface area contributed by atoms with E-state index in [1.807, 2.05) is 37.3 Å². The molecule has 0 saturated heterocycles. The van der Waals surface area contributed by atoms with E-state index >= 15 is 0 Å². The molecule has 2 aromatic carbocycles. The van der Waals surface area contributed by atoms with Gasteiger partial charge in [-0.15, -0.1) is 0 Å². The number of hydrogen-bond acceptors (Lipinski definition) is 3. The number of nitrogens with one attached hydrogen (secondary N) is 1. The van der Waals surface area contributed by atoms with Gasteiger partial charge in [0.15, 0.2) is 0 Å². The average Bonchev–Trinajstić information content (AvgIpc) is 2.60. The standard InChI is InChI=1S/C19H23NO3/c1-2-23-18-10-8-16(9-11-18)19(22)20-14-17(12-13-21)15-6-4-3-5-7-15/h3-11,17,21H,2,12-14H2,1H3,(H,20,22). The van der Waals surface area contributed by atoms with E-state index in [0.29, 0.717) is 25.1 Å². The second-order valence-electron chi connectivity index (χ2n) is 5.29. The lowest BCUT2D eigenvalue weighted by Gasteiger charge is -2.17. The molecule has 122 valence electrons. The second-order valence-corrected chi connectivity index (χ2v) is 5.29. The first-order valence-corrected chi connectivity index (χ1v) is 7.91. The fraction of sp³-hybridized carbons (Fsp3) is 0.316. The maximum absolute atomic E-state index is 12.2. The Morgan fingerprint density at radius 1 is 1.13 bits per heavy atom. The van der Waals surface area contributed by atoms with Crippen molar-refractivity contribution >= 4 is 5.91 Å². The van der Waals surface area contributed by atoms with E-state index in [0.717, 1.165) is 11.3 Å². The van der Waals surface area contributed by atoms with Crippen LogP contribution in [0.5, 0.6) is 5.75 Å². The fourth-order valence-corrected chi connectivity index (χ4v) is 2.45. The molecular weight excluding hydrogens is 290 g/mol. The Balaban J connectivity index is 1.95. The van der Waals surface area contributed by atoms with Gasteiger partial charge in [0, 0.05) is 24.6 Å². The number of amides is 1. The molecule has 2 aromatic rings. The van der Waals surface area contributed by atoms with Gasteiger partial charge in [-0.25, -0.2) is 0 Å². The van der Waals surface area contributed by atoms with Crippen LogP contribution in [0.1, 0.15) is 35.2 Å². The molecule has 0 bridgehead atoms. The van der Waals surface area contributed by atoms with Crippen molar-refractivity contribution in [2.75, 3.05) is 19.8 Å². The van der Waals surface area contributed by atoms with Crippen LogP contribution in [0.15, 0.2) is 54.6 Å². The van der Waals surface area contributed by atoms with Crippen LogP contribution in [0.25, 0.3) is 0 Å². The number of aliphatic hydroxyl groups is 1. The zero-order valence-corrected chi connectivity index (χ0v) is 13.4. The summed E-state index contributed by atoms with van der Waals surface area (Å²) in [5, 5.41) is 12.2. The first-order chi connectivity index (χ1) is 11.2. The Morgan fingerprint density at radius 2 is 1.83 bits per heavy atom. The molecule has 0 aliphatic carbocycles. The predicted octanol–water partition coefficient (Wildman–Crippen LogP) is 2.98. The minimum absolute atomic E-state index is 0.0957. The van der Waals surface area contributed by atoms with Crippen molar-refractivity contribution in [3.05, 3.63) is 65.7 Å². The molecule has 0 aliphatic rings. The maximum Gasteiger partial charge on any atom is 0.251 e. The zero-order chi connectivity index (χ0) is 16.5. The molecule has 1 unspecified atom stereocenters. The van der Waals surface area contributed by atoms with Gasteiger partial charge in [0.05, 0.1) is 6.61 Å². The Bertz CT molecular complexity index is 596. The highest BCUT2D eigenvalue weighted by atomic mass is 16.5. The van der Waals surface area contributed by atoms with E-state index in [-0.39, 0.29) is 18.4 Å². The molecule has 0 spiro atoms. The van der Waals surface area contributed by atoms with Gasteiger partial charge < -0.3 is 15.2 Å². The summed E-state index contributed by atoms with van der Waals surface area (Å²) < 4.78 is 5.37. The molecule has 0 saturated carbocycles. The largest absolute Gasteiger partial charge is 0.494 e. The Morgan fingerprint density at radius 3 is 2.43 bits per heavy atom. The molecule has 0 aliphatic heterocycles. The predicted molar refractivity (Wildman–Crippen MR) is 90.8 cm³/mol. The van der Waals surface area contributed by atoms with Gasteiger partial charge >= 0.3 is 0 Å². The molecule has 0 fully saturated rings. The Labute approximate surface area is 137 Å². The normalized spacial score (nSPS) is 11.7. The van der Waals surface area contributed by atoms with E-state index in [1.165, 1.54) is 0 Å². The van der Waals surface area contributed by atoms with Crippen LogP contribution in [0.4, 0.5) is 0 Å². The summed E-state index contributed by atoms with van der Waals surface area (Å²) in [4.78, 5) is 12.2. The van der Waals surface area contributed by atoms with Crippen molar-refractivity contribution in [2.24, 2.45) is 0 Å². The minimum atomic E-state index is -0.119. The lowest BCUT2D eigenvalue weighted by molar-refractivity contribution is 0.0949. The molecule has 0 heterocycles. The van der Waals surface area contributed by atoms with E-state index in [1.54, 1.807) is 24.3 Å². The van der Waals surface area contributed by atoms with Crippen LogP contribution in [-0.2, 0) is 0 Å². The van der Waals surface area contributed by atoms with Crippen LogP contribution < -0.4 is 10.1 Å². The van der Waals surface area contributed by atoms with Gasteiger partial charge in [0.1, 0.15) is 5.75 Å². The van der Waals surface area contributed by atoms with Crippen molar-refractivity contribution in [3.63, 3.8) is 0 Å². The molecule has 0 radical (unpaired) electrons. The first-order valence-electron chi connectivity index (χ1n) is 7.91. The molecular formula is C19H23NO3. The lowest BCUT2D eigenvalue weighted by Crippen LogP contribution is -2.28. The number of rotatable bonds is 8. The number of benzene rings is 2. The molecule has 2 rings (SSSR count). The zero-order valence-electron chi connectivity index (χ0n) is 13.4. The topological polar surface area (TPSA) is 58.6 Å². The quantitative estimate of drug-likeness (QED) is 0.787. The van der Waals surface area contributed by atoms with Crippen molar-refractivity contribution in [2.45, 2.75) is 19.3 Å². The smallest absolute Gasteiger partial charge is 0.251 e. The van der Waals surface area contributed by atoms with Crippen LogP contribution in [0, 0.1) is 0 Å². The highest BCUT2D eigenvalue weighted by Crippen LogP contribution is 2.18. The molecule has 0 aromatic heterocycles. The summed E-state index contributed by atoms with van der Waals surface area (Å²) in [7, 11) is 0. The van der Waals surface area contributed by atoms with Crippen LogP contribution in [0.2, 0.25) is 0 Å². The van der Waals surface area contributed by atoms with Crippen molar-refractivity contribution in [1.29, 1.82) is 0 Å². The SMILES string of the molecule is CCOc1ccc(C(=O)NCC(CCO)c2ccccc2)cc1. The van der Waals surface area contributed by atoms with Crippen LogP contribution >= 0.6 is 0 Å². The number of carbonyl (C=O) groups excluding carboxylic acids is 1.